The minimum absolute atomic E-state index is 0. The highest BCUT2D eigenvalue weighted by Gasteiger charge is 2.30. The zero-order chi connectivity index (χ0) is 20.0. The van der Waals surface area contributed by atoms with Gasteiger partial charge >= 0.3 is 6.61 Å². The predicted octanol–water partition coefficient (Wildman–Crippen LogP) is 2.40. The number of sulfone groups is 1. The number of nitrogens with one attached hydrogen (secondary N) is 2. The SMILES string of the molecule is CN=C(NCc1cc(OC)ccc1OC(F)F)NCC(C)(C)S(C)(=O)=O.I. The van der Waals surface area contributed by atoms with E-state index >= 15 is 0 Å². The molecule has 0 unspecified atom stereocenters. The average Bonchev–Trinajstić information content (AvgIpc) is 2.54. The van der Waals surface area contributed by atoms with Gasteiger partial charge in [0.15, 0.2) is 15.8 Å². The van der Waals surface area contributed by atoms with Crippen LogP contribution >= 0.6 is 24.0 Å². The van der Waals surface area contributed by atoms with Crippen molar-refractivity contribution in [2.75, 3.05) is 27.0 Å². The molecule has 1 aromatic rings. The van der Waals surface area contributed by atoms with E-state index in [1.54, 1.807) is 19.9 Å². The average molecular weight is 521 g/mol. The molecule has 0 amide bonds. The molecule has 0 saturated carbocycles. The number of nitrogens with zero attached hydrogens (tertiary/aromatic N) is 1. The van der Waals surface area contributed by atoms with Gasteiger partial charge in [0.25, 0.3) is 0 Å². The van der Waals surface area contributed by atoms with Gasteiger partial charge in [-0.2, -0.15) is 8.78 Å². The zero-order valence-corrected chi connectivity index (χ0v) is 19.0. The number of halogens is 3. The molecule has 2 N–H and O–H groups in total. The zero-order valence-electron chi connectivity index (χ0n) is 15.9. The molecule has 11 heteroatoms. The van der Waals surface area contributed by atoms with Crippen LogP contribution in [0, 0.1) is 0 Å². The fourth-order valence-corrected chi connectivity index (χ4v) is 2.19. The highest BCUT2D eigenvalue weighted by Crippen LogP contribution is 2.25. The topological polar surface area (TPSA) is 89.0 Å². The van der Waals surface area contributed by atoms with Crippen LogP contribution in [0.4, 0.5) is 8.78 Å². The van der Waals surface area contributed by atoms with Gasteiger partial charge in [0.05, 0.1) is 11.9 Å². The molecule has 0 atom stereocenters. The van der Waals surface area contributed by atoms with Crippen molar-refractivity contribution >= 4 is 39.8 Å². The van der Waals surface area contributed by atoms with Crippen LogP contribution in [0.25, 0.3) is 0 Å². The Morgan fingerprint density at radius 2 is 1.93 bits per heavy atom. The van der Waals surface area contributed by atoms with E-state index in [-0.39, 0.29) is 42.8 Å². The van der Waals surface area contributed by atoms with Crippen molar-refractivity contribution < 1.29 is 26.7 Å². The summed E-state index contributed by atoms with van der Waals surface area (Å²) < 4.78 is 57.2. The van der Waals surface area contributed by atoms with E-state index in [4.69, 9.17) is 4.74 Å². The lowest BCUT2D eigenvalue weighted by Crippen LogP contribution is -2.47. The number of hydrogen-bond acceptors (Lipinski definition) is 5. The van der Waals surface area contributed by atoms with Crippen LogP contribution in [-0.2, 0) is 16.4 Å². The van der Waals surface area contributed by atoms with Gasteiger partial charge in [-0.25, -0.2) is 8.42 Å². The predicted molar refractivity (Wildman–Crippen MR) is 112 cm³/mol. The summed E-state index contributed by atoms with van der Waals surface area (Å²) in [5.41, 5.74) is 0.440. The van der Waals surface area contributed by atoms with Crippen LogP contribution in [0.15, 0.2) is 23.2 Å². The Balaban J connectivity index is 0.00000676. The van der Waals surface area contributed by atoms with Gasteiger partial charge < -0.3 is 20.1 Å². The summed E-state index contributed by atoms with van der Waals surface area (Å²) in [6, 6.07) is 4.48. The smallest absolute Gasteiger partial charge is 0.387 e. The van der Waals surface area contributed by atoms with Crippen molar-refractivity contribution in [2.45, 2.75) is 31.8 Å². The second-order valence-corrected chi connectivity index (χ2v) is 8.81. The lowest BCUT2D eigenvalue weighted by molar-refractivity contribution is -0.0505. The summed E-state index contributed by atoms with van der Waals surface area (Å²) in [7, 11) is -0.283. The minimum atomic E-state index is -3.27. The summed E-state index contributed by atoms with van der Waals surface area (Å²) in [5.74, 6) is 0.831. The number of aliphatic imine (C=N–C) groups is 1. The molecule has 1 rings (SSSR count). The van der Waals surface area contributed by atoms with Gasteiger partial charge in [-0.1, -0.05) is 0 Å². The second kappa shape index (κ2) is 10.8. The van der Waals surface area contributed by atoms with E-state index in [9.17, 15) is 17.2 Å². The fourth-order valence-electron chi connectivity index (χ4n) is 1.86. The van der Waals surface area contributed by atoms with Crippen molar-refractivity contribution in [3.63, 3.8) is 0 Å². The van der Waals surface area contributed by atoms with Crippen LogP contribution < -0.4 is 20.1 Å². The third kappa shape index (κ3) is 8.03. The molecule has 0 spiro atoms. The maximum absolute atomic E-state index is 12.5. The molecule has 0 aliphatic heterocycles. The lowest BCUT2D eigenvalue weighted by atomic mass is 10.2. The molecule has 0 heterocycles. The summed E-state index contributed by atoms with van der Waals surface area (Å²) in [6.07, 6.45) is 1.16. The van der Waals surface area contributed by atoms with Gasteiger partial charge in [0.2, 0.25) is 0 Å². The Hall–Kier alpha value is -1.37. The monoisotopic (exact) mass is 521 g/mol. The quantitative estimate of drug-likeness (QED) is 0.311. The molecule has 0 aromatic heterocycles. The number of alkyl halides is 2. The summed E-state index contributed by atoms with van der Waals surface area (Å²) in [6.45, 7) is 0.496. The lowest BCUT2D eigenvalue weighted by Gasteiger charge is -2.24. The molecule has 1 aromatic carbocycles. The molecule has 7 nitrogen and oxygen atoms in total. The Kier molecular flexibility index (Phi) is 10.3. The van der Waals surface area contributed by atoms with Crippen LogP contribution in [-0.4, -0.2) is 52.7 Å². The van der Waals surface area contributed by atoms with Crippen molar-refractivity contribution in [3.8, 4) is 11.5 Å². The van der Waals surface area contributed by atoms with Crippen LogP contribution in [0.2, 0.25) is 0 Å². The number of hydrogen-bond donors (Lipinski definition) is 2. The van der Waals surface area contributed by atoms with E-state index in [0.29, 0.717) is 17.3 Å². The first-order valence-corrected chi connectivity index (χ1v) is 9.65. The molecule has 0 aliphatic rings. The van der Waals surface area contributed by atoms with Crippen molar-refractivity contribution in [2.24, 2.45) is 4.99 Å². The standard InChI is InChI=1S/C16H25F2N3O4S.HI/c1-16(2,26(5,22)23)10-21-15(19-3)20-9-11-8-12(24-4)6-7-13(11)25-14(17)18;/h6-8,14H,9-10H2,1-5H3,(H2,19,20,21);1H. The Morgan fingerprint density at radius 1 is 1.30 bits per heavy atom. The molecule has 0 aliphatic carbocycles. The van der Waals surface area contributed by atoms with Gasteiger partial charge in [-0.3, -0.25) is 4.99 Å². The molecule has 0 radical (unpaired) electrons. The van der Waals surface area contributed by atoms with E-state index in [1.165, 1.54) is 26.3 Å². The molecular weight excluding hydrogens is 495 g/mol. The Bertz CT molecular complexity index is 743. The third-order valence-corrected chi connectivity index (χ3v) is 5.99. The van der Waals surface area contributed by atoms with E-state index in [0.717, 1.165) is 6.26 Å². The maximum Gasteiger partial charge on any atom is 0.387 e. The maximum atomic E-state index is 12.5. The molecule has 0 fully saturated rings. The summed E-state index contributed by atoms with van der Waals surface area (Å²) >= 11 is 0. The Labute approximate surface area is 175 Å². The van der Waals surface area contributed by atoms with E-state index in [2.05, 4.69) is 20.4 Å². The highest BCUT2D eigenvalue weighted by molar-refractivity contribution is 14.0. The first-order chi connectivity index (χ1) is 12.0. The number of methoxy groups -OCH3 is 1. The molecule has 0 saturated heterocycles. The summed E-state index contributed by atoms with van der Waals surface area (Å²) in [5, 5.41) is 5.85. The minimum Gasteiger partial charge on any atom is -0.497 e. The van der Waals surface area contributed by atoms with Gasteiger partial charge in [0.1, 0.15) is 11.5 Å². The number of benzene rings is 1. The highest BCUT2D eigenvalue weighted by atomic mass is 127. The first-order valence-electron chi connectivity index (χ1n) is 7.76. The second-order valence-electron chi connectivity index (χ2n) is 6.16. The molecule has 27 heavy (non-hydrogen) atoms. The van der Waals surface area contributed by atoms with Crippen LogP contribution in [0.3, 0.4) is 0 Å². The Morgan fingerprint density at radius 3 is 2.41 bits per heavy atom. The van der Waals surface area contributed by atoms with Gasteiger partial charge in [-0.15, -0.1) is 24.0 Å². The molecule has 156 valence electrons. The van der Waals surface area contributed by atoms with Crippen molar-refractivity contribution in [1.29, 1.82) is 0 Å². The molecular formula is C16H26F2IN3O4S. The van der Waals surface area contributed by atoms with Crippen molar-refractivity contribution in [3.05, 3.63) is 23.8 Å². The normalized spacial score (nSPS) is 12.4. The van der Waals surface area contributed by atoms with Gasteiger partial charge in [0, 0.05) is 32.0 Å². The number of rotatable bonds is 8. The fraction of sp³-hybridized carbons (Fsp3) is 0.562. The number of ether oxygens (including phenoxy) is 2. The van der Waals surface area contributed by atoms with Gasteiger partial charge in [-0.05, 0) is 32.0 Å². The third-order valence-electron chi connectivity index (χ3n) is 3.84. The molecule has 0 bridgehead atoms. The first kappa shape index (κ1) is 25.6. The summed E-state index contributed by atoms with van der Waals surface area (Å²) in [4.78, 5) is 4.00. The van der Waals surface area contributed by atoms with E-state index in [1.807, 2.05) is 0 Å². The van der Waals surface area contributed by atoms with Crippen LogP contribution in [0.5, 0.6) is 11.5 Å². The largest absolute Gasteiger partial charge is 0.497 e. The number of guanidine groups is 1. The van der Waals surface area contributed by atoms with E-state index < -0.39 is 21.2 Å². The van der Waals surface area contributed by atoms with Crippen LogP contribution in [0.1, 0.15) is 19.4 Å². The van der Waals surface area contributed by atoms with Crippen molar-refractivity contribution in [1.82, 2.24) is 10.6 Å².